The van der Waals surface area contributed by atoms with Gasteiger partial charge in [-0.3, -0.25) is 4.79 Å². The number of amides is 1. The quantitative estimate of drug-likeness (QED) is 0.242. The van der Waals surface area contributed by atoms with Crippen LogP contribution >= 0.6 is 11.6 Å². The van der Waals surface area contributed by atoms with Crippen LogP contribution in [0.5, 0.6) is 0 Å². The van der Waals surface area contributed by atoms with Crippen LogP contribution in [0.4, 0.5) is 32.0 Å². The van der Waals surface area contributed by atoms with E-state index in [-0.39, 0.29) is 11.8 Å². The fourth-order valence-corrected chi connectivity index (χ4v) is 2.98. The molecule has 3 aromatic rings. The second-order valence-electron chi connectivity index (χ2n) is 6.60. The molecule has 0 fully saturated rings. The summed E-state index contributed by atoms with van der Waals surface area (Å²) in [5.41, 5.74) is -4.07. The number of halogens is 7. The number of furan rings is 1. The lowest BCUT2D eigenvalue weighted by Gasteiger charge is -2.14. The van der Waals surface area contributed by atoms with Gasteiger partial charge >= 0.3 is 12.4 Å². The lowest BCUT2D eigenvalue weighted by atomic mass is 10.1. The molecule has 0 spiro atoms. The Bertz CT molecular complexity index is 1240. The molecule has 0 bridgehead atoms. The highest BCUT2D eigenvalue weighted by Crippen LogP contribution is 2.37. The number of nitriles is 1. The molecule has 1 aromatic heterocycles. The minimum absolute atomic E-state index is 0.0386. The summed E-state index contributed by atoms with van der Waals surface area (Å²) in [7, 11) is 0. The van der Waals surface area contributed by atoms with Gasteiger partial charge in [0.05, 0.1) is 16.1 Å². The molecule has 170 valence electrons. The summed E-state index contributed by atoms with van der Waals surface area (Å²) >= 11 is 6.08. The number of carbonyl (C=O) groups excluding carboxylic acids is 1. The van der Waals surface area contributed by atoms with Crippen molar-refractivity contribution in [2.75, 3.05) is 5.32 Å². The molecule has 0 aliphatic rings. The van der Waals surface area contributed by atoms with Gasteiger partial charge in [-0.25, -0.2) is 0 Å². The summed E-state index contributed by atoms with van der Waals surface area (Å²) in [5, 5.41) is 11.5. The number of benzene rings is 2. The monoisotopic (exact) mass is 484 g/mol. The third-order valence-corrected chi connectivity index (χ3v) is 4.59. The summed E-state index contributed by atoms with van der Waals surface area (Å²) in [5.74, 6) is -0.866. The molecule has 0 radical (unpaired) electrons. The van der Waals surface area contributed by atoms with Crippen LogP contribution in [0.3, 0.4) is 0 Å². The van der Waals surface area contributed by atoms with E-state index in [1.807, 2.05) is 5.32 Å². The Morgan fingerprint density at radius 3 is 2.12 bits per heavy atom. The molecule has 1 heterocycles. The maximum Gasteiger partial charge on any atom is 0.416 e. The van der Waals surface area contributed by atoms with Gasteiger partial charge in [0.25, 0.3) is 5.91 Å². The first-order valence-corrected chi connectivity index (χ1v) is 9.33. The van der Waals surface area contributed by atoms with Crippen LogP contribution in [-0.2, 0) is 17.1 Å². The molecule has 33 heavy (non-hydrogen) atoms. The third-order valence-electron chi connectivity index (χ3n) is 4.26. The normalized spacial score (nSPS) is 12.4. The maximum atomic E-state index is 13.0. The lowest BCUT2D eigenvalue weighted by Crippen LogP contribution is -2.16. The number of nitrogens with zero attached hydrogens (tertiary/aromatic N) is 1. The van der Waals surface area contributed by atoms with Crippen LogP contribution in [0.25, 0.3) is 17.4 Å². The highest BCUT2D eigenvalue weighted by molar-refractivity contribution is 6.33. The zero-order valence-corrected chi connectivity index (χ0v) is 16.9. The summed E-state index contributed by atoms with van der Waals surface area (Å²) in [6, 6.07) is 11.8. The summed E-state index contributed by atoms with van der Waals surface area (Å²) < 4.78 is 83.5. The van der Waals surface area contributed by atoms with Crippen molar-refractivity contribution in [3.63, 3.8) is 0 Å². The Hall–Kier alpha value is -3.71. The minimum Gasteiger partial charge on any atom is -0.457 e. The molecule has 4 nitrogen and oxygen atoms in total. The maximum absolute atomic E-state index is 13.0. The van der Waals surface area contributed by atoms with E-state index in [4.69, 9.17) is 16.0 Å². The topological polar surface area (TPSA) is 66.0 Å². The predicted octanol–water partition coefficient (Wildman–Crippen LogP) is 7.18. The van der Waals surface area contributed by atoms with Gasteiger partial charge in [0.1, 0.15) is 23.2 Å². The zero-order chi connectivity index (χ0) is 24.4. The van der Waals surface area contributed by atoms with Crippen molar-refractivity contribution in [3.05, 3.63) is 82.1 Å². The number of anilines is 1. The van der Waals surface area contributed by atoms with E-state index in [9.17, 15) is 36.4 Å². The second-order valence-corrected chi connectivity index (χ2v) is 7.01. The van der Waals surface area contributed by atoms with Crippen molar-refractivity contribution in [1.82, 2.24) is 0 Å². The number of hydrogen-bond acceptors (Lipinski definition) is 3. The average Bonchev–Trinajstić information content (AvgIpc) is 3.19. The SMILES string of the molecule is N#C/C(=C\c1ccc(-c2ccccc2Cl)o1)C(=O)Nc1cc(C(F)(F)F)cc(C(F)(F)F)c1. The summed E-state index contributed by atoms with van der Waals surface area (Å²) in [6.07, 6.45) is -9.18. The van der Waals surface area contributed by atoms with Gasteiger partial charge in [-0.15, -0.1) is 0 Å². The Labute approximate surface area is 187 Å². The predicted molar refractivity (Wildman–Crippen MR) is 108 cm³/mol. The number of rotatable bonds is 4. The van der Waals surface area contributed by atoms with Crippen LogP contribution in [0, 0.1) is 11.3 Å². The van der Waals surface area contributed by atoms with Gasteiger partial charge in [0.2, 0.25) is 0 Å². The standard InChI is InChI=1S/C22H11ClF6N2O2/c23-18-4-2-1-3-17(18)19-6-5-16(33-19)7-12(11-30)20(32)31-15-9-13(21(24,25)26)8-14(10-15)22(27,28)29/h1-10H,(H,31,32)/b12-7+. The molecule has 0 aliphatic carbocycles. The molecule has 0 aliphatic heterocycles. The largest absolute Gasteiger partial charge is 0.457 e. The Kier molecular flexibility index (Phi) is 6.56. The van der Waals surface area contributed by atoms with Gasteiger partial charge < -0.3 is 9.73 Å². The van der Waals surface area contributed by atoms with E-state index >= 15 is 0 Å². The van der Waals surface area contributed by atoms with E-state index in [1.54, 1.807) is 24.3 Å². The molecule has 0 atom stereocenters. The Balaban J connectivity index is 1.90. The molecule has 3 rings (SSSR count). The van der Waals surface area contributed by atoms with Crippen LogP contribution in [0.2, 0.25) is 5.02 Å². The first-order chi connectivity index (χ1) is 15.4. The molecule has 2 aromatic carbocycles. The Morgan fingerprint density at radius 1 is 0.970 bits per heavy atom. The molecule has 1 amide bonds. The minimum atomic E-state index is -5.09. The van der Waals surface area contributed by atoms with Gasteiger partial charge in [0.15, 0.2) is 0 Å². The van der Waals surface area contributed by atoms with Crippen molar-refractivity contribution in [3.8, 4) is 17.4 Å². The molecule has 11 heteroatoms. The molecular weight excluding hydrogens is 474 g/mol. The first kappa shape index (κ1) is 23.9. The van der Waals surface area contributed by atoms with Crippen LogP contribution in [0.15, 0.2) is 64.6 Å². The average molecular weight is 485 g/mol. The van der Waals surface area contributed by atoms with E-state index in [1.165, 1.54) is 18.2 Å². The molecule has 0 saturated heterocycles. The van der Waals surface area contributed by atoms with Gasteiger partial charge in [-0.2, -0.15) is 31.6 Å². The molecule has 0 saturated carbocycles. The summed E-state index contributed by atoms with van der Waals surface area (Å²) in [4.78, 5) is 12.4. The summed E-state index contributed by atoms with van der Waals surface area (Å²) in [6.45, 7) is 0. The number of hydrogen-bond donors (Lipinski definition) is 1. The fourth-order valence-electron chi connectivity index (χ4n) is 2.75. The second kappa shape index (κ2) is 9.03. The smallest absolute Gasteiger partial charge is 0.416 e. The highest BCUT2D eigenvalue weighted by Gasteiger charge is 2.37. The van der Waals surface area contributed by atoms with E-state index in [2.05, 4.69) is 0 Å². The highest BCUT2D eigenvalue weighted by atomic mass is 35.5. The van der Waals surface area contributed by atoms with Gasteiger partial charge in [-0.05, 0) is 42.5 Å². The zero-order valence-electron chi connectivity index (χ0n) is 16.2. The Morgan fingerprint density at radius 2 is 1.58 bits per heavy atom. The lowest BCUT2D eigenvalue weighted by molar-refractivity contribution is -0.143. The van der Waals surface area contributed by atoms with Crippen LogP contribution < -0.4 is 5.32 Å². The van der Waals surface area contributed by atoms with Gasteiger partial charge in [0, 0.05) is 17.3 Å². The van der Waals surface area contributed by atoms with E-state index in [0.29, 0.717) is 28.5 Å². The van der Waals surface area contributed by atoms with Crippen molar-refractivity contribution >= 4 is 29.3 Å². The number of alkyl halides is 6. The van der Waals surface area contributed by atoms with Crippen molar-refractivity contribution in [2.24, 2.45) is 0 Å². The van der Waals surface area contributed by atoms with Crippen molar-refractivity contribution in [1.29, 1.82) is 5.26 Å². The van der Waals surface area contributed by atoms with E-state index in [0.717, 1.165) is 6.08 Å². The van der Waals surface area contributed by atoms with Crippen LogP contribution in [0.1, 0.15) is 16.9 Å². The molecular formula is C22H11ClF6N2O2. The first-order valence-electron chi connectivity index (χ1n) is 8.96. The number of nitrogens with one attached hydrogen (secondary N) is 1. The van der Waals surface area contributed by atoms with Crippen molar-refractivity contribution in [2.45, 2.75) is 12.4 Å². The van der Waals surface area contributed by atoms with Gasteiger partial charge in [-0.1, -0.05) is 23.7 Å². The molecule has 1 N–H and O–H groups in total. The third kappa shape index (κ3) is 5.75. The van der Waals surface area contributed by atoms with Crippen LogP contribution in [-0.4, -0.2) is 5.91 Å². The fraction of sp³-hybridized carbons (Fsp3) is 0.0909. The van der Waals surface area contributed by atoms with Crippen molar-refractivity contribution < 1.29 is 35.6 Å². The molecule has 0 unspecified atom stereocenters. The van der Waals surface area contributed by atoms with E-state index < -0.39 is 40.6 Å². The number of carbonyl (C=O) groups is 1.